The molecule has 0 spiro atoms. The first-order valence-corrected chi connectivity index (χ1v) is 6.04. The van der Waals surface area contributed by atoms with E-state index in [0.717, 1.165) is 11.1 Å². The van der Waals surface area contributed by atoms with Crippen LogP contribution in [0.1, 0.15) is 24.2 Å². The number of benzene rings is 1. The van der Waals surface area contributed by atoms with E-state index in [1.54, 1.807) is 0 Å². The third-order valence-electron chi connectivity index (χ3n) is 3.06. The zero-order valence-corrected chi connectivity index (χ0v) is 11.5. The van der Waals surface area contributed by atoms with Crippen LogP contribution in [0.3, 0.4) is 0 Å². The van der Waals surface area contributed by atoms with E-state index in [4.69, 9.17) is 11.5 Å². The molecule has 0 saturated heterocycles. The van der Waals surface area contributed by atoms with Crippen LogP contribution in [0.15, 0.2) is 29.3 Å². The van der Waals surface area contributed by atoms with Gasteiger partial charge in [0.2, 0.25) is 5.91 Å². The molecule has 0 saturated carbocycles. The Hall–Kier alpha value is -2.41. The number of hydrogen-bond acceptors (Lipinski definition) is 5. The van der Waals surface area contributed by atoms with Crippen molar-refractivity contribution in [2.24, 2.45) is 11.5 Å². The maximum absolute atomic E-state index is 11.0. The van der Waals surface area contributed by atoms with E-state index in [1.807, 2.05) is 13.8 Å². The van der Waals surface area contributed by atoms with Crippen LogP contribution in [0.2, 0.25) is 0 Å². The SMILES string of the molecule is C/C(CN)=C(/C)CNc1ccc(C(N)=O)cc1[N+](=O)[O-]. The summed E-state index contributed by atoms with van der Waals surface area (Å²) in [7, 11) is 0. The molecule has 1 aromatic rings. The maximum Gasteiger partial charge on any atom is 0.293 e. The van der Waals surface area contributed by atoms with Gasteiger partial charge in [0.25, 0.3) is 5.69 Å². The monoisotopic (exact) mass is 278 g/mol. The lowest BCUT2D eigenvalue weighted by molar-refractivity contribution is -0.384. The molecule has 0 radical (unpaired) electrons. The van der Waals surface area contributed by atoms with Gasteiger partial charge in [-0.1, -0.05) is 11.1 Å². The summed E-state index contributed by atoms with van der Waals surface area (Å²) in [6, 6.07) is 4.09. The highest BCUT2D eigenvalue weighted by atomic mass is 16.6. The Labute approximate surface area is 116 Å². The lowest BCUT2D eigenvalue weighted by Gasteiger charge is -2.10. The number of amides is 1. The number of carbonyl (C=O) groups is 1. The molecule has 20 heavy (non-hydrogen) atoms. The standard InChI is InChI=1S/C13H18N4O3/c1-8(6-14)9(2)7-16-11-4-3-10(13(15)18)5-12(11)17(19)20/h3-5,16H,6-7,14H2,1-2H3,(H2,15,18)/b9-8+. The van der Waals surface area contributed by atoms with Gasteiger partial charge in [0.05, 0.1) is 4.92 Å². The van der Waals surface area contributed by atoms with Gasteiger partial charge in [-0.2, -0.15) is 0 Å². The molecule has 0 aromatic heterocycles. The summed E-state index contributed by atoms with van der Waals surface area (Å²) in [6.45, 7) is 4.69. The Morgan fingerprint density at radius 3 is 2.50 bits per heavy atom. The van der Waals surface area contributed by atoms with E-state index in [-0.39, 0.29) is 11.3 Å². The maximum atomic E-state index is 11.0. The number of nitrogens with two attached hydrogens (primary N) is 2. The summed E-state index contributed by atoms with van der Waals surface area (Å²) in [5.74, 6) is -0.699. The molecule has 0 aliphatic carbocycles. The van der Waals surface area contributed by atoms with Crippen molar-refractivity contribution >= 4 is 17.3 Å². The van der Waals surface area contributed by atoms with Gasteiger partial charge in [-0.25, -0.2) is 0 Å². The van der Waals surface area contributed by atoms with Crippen molar-refractivity contribution in [3.05, 3.63) is 45.0 Å². The molecule has 0 unspecified atom stereocenters. The molecule has 1 amide bonds. The highest BCUT2D eigenvalue weighted by molar-refractivity contribution is 5.94. The van der Waals surface area contributed by atoms with Crippen LogP contribution in [0.4, 0.5) is 11.4 Å². The predicted octanol–water partition coefficient (Wildman–Crippen LogP) is 1.40. The first kappa shape index (κ1) is 15.6. The minimum absolute atomic E-state index is 0.104. The minimum Gasteiger partial charge on any atom is -0.376 e. The molecule has 0 aliphatic heterocycles. The molecule has 1 rings (SSSR count). The zero-order valence-electron chi connectivity index (χ0n) is 11.5. The van der Waals surface area contributed by atoms with Crippen molar-refractivity contribution in [2.75, 3.05) is 18.4 Å². The molecule has 0 bridgehead atoms. The van der Waals surface area contributed by atoms with Gasteiger partial charge in [0.15, 0.2) is 0 Å². The Morgan fingerprint density at radius 2 is 2.00 bits per heavy atom. The van der Waals surface area contributed by atoms with Crippen LogP contribution in [0.5, 0.6) is 0 Å². The van der Waals surface area contributed by atoms with Crippen LogP contribution < -0.4 is 16.8 Å². The lowest BCUT2D eigenvalue weighted by atomic mass is 10.1. The third kappa shape index (κ3) is 3.79. The average molecular weight is 278 g/mol. The number of carbonyl (C=O) groups excluding carboxylic acids is 1. The first-order chi connectivity index (χ1) is 9.36. The zero-order chi connectivity index (χ0) is 15.3. The Kier molecular flexibility index (Phi) is 5.22. The number of primary amides is 1. The van der Waals surface area contributed by atoms with E-state index in [2.05, 4.69) is 5.32 Å². The predicted molar refractivity (Wildman–Crippen MR) is 77.5 cm³/mol. The van der Waals surface area contributed by atoms with Gasteiger partial charge < -0.3 is 16.8 Å². The molecule has 5 N–H and O–H groups in total. The number of nitrogens with zero attached hydrogens (tertiary/aromatic N) is 1. The normalized spacial score (nSPS) is 11.8. The van der Waals surface area contributed by atoms with Crippen LogP contribution in [0.25, 0.3) is 0 Å². The Bertz CT molecular complexity index is 567. The van der Waals surface area contributed by atoms with Gasteiger partial charge in [0.1, 0.15) is 5.69 Å². The molecule has 108 valence electrons. The second kappa shape index (κ2) is 6.67. The summed E-state index contributed by atoms with van der Waals surface area (Å²) in [5, 5.41) is 14.0. The highest BCUT2D eigenvalue weighted by Crippen LogP contribution is 2.25. The van der Waals surface area contributed by atoms with E-state index < -0.39 is 10.8 Å². The number of anilines is 1. The van der Waals surface area contributed by atoms with Gasteiger partial charge >= 0.3 is 0 Å². The van der Waals surface area contributed by atoms with Crippen molar-refractivity contribution in [3.63, 3.8) is 0 Å². The molecule has 0 atom stereocenters. The first-order valence-electron chi connectivity index (χ1n) is 6.04. The topological polar surface area (TPSA) is 124 Å². The van der Waals surface area contributed by atoms with Crippen molar-refractivity contribution in [1.29, 1.82) is 0 Å². The van der Waals surface area contributed by atoms with E-state index in [1.165, 1.54) is 18.2 Å². The highest BCUT2D eigenvalue weighted by Gasteiger charge is 2.16. The molecular formula is C13H18N4O3. The molecule has 0 fully saturated rings. The van der Waals surface area contributed by atoms with Gasteiger partial charge in [-0.3, -0.25) is 14.9 Å². The molecule has 7 nitrogen and oxygen atoms in total. The number of rotatable bonds is 6. The Morgan fingerprint density at radius 1 is 1.35 bits per heavy atom. The quantitative estimate of drug-likeness (QED) is 0.412. The average Bonchev–Trinajstić information content (AvgIpc) is 2.43. The van der Waals surface area contributed by atoms with Crippen LogP contribution >= 0.6 is 0 Å². The second-order valence-corrected chi connectivity index (χ2v) is 4.47. The van der Waals surface area contributed by atoms with E-state index in [9.17, 15) is 14.9 Å². The number of hydrogen-bond donors (Lipinski definition) is 3. The third-order valence-corrected chi connectivity index (χ3v) is 3.06. The number of nitrogens with one attached hydrogen (secondary N) is 1. The molecule has 0 aliphatic rings. The van der Waals surface area contributed by atoms with E-state index >= 15 is 0 Å². The molecule has 7 heteroatoms. The van der Waals surface area contributed by atoms with Gasteiger partial charge in [-0.15, -0.1) is 0 Å². The second-order valence-electron chi connectivity index (χ2n) is 4.47. The Balaban J connectivity index is 3.01. The summed E-state index contributed by atoms with van der Waals surface area (Å²) in [5.41, 5.74) is 12.9. The fraction of sp³-hybridized carbons (Fsp3) is 0.308. The number of nitro benzene ring substituents is 1. The summed E-state index contributed by atoms with van der Waals surface area (Å²) >= 11 is 0. The summed E-state index contributed by atoms with van der Waals surface area (Å²) < 4.78 is 0. The van der Waals surface area contributed by atoms with Crippen LogP contribution in [-0.2, 0) is 0 Å². The fourth-order valence-corrected chi connectivity index (χ4v) is 1.54. The smallest absolute Gasteiger partial charge is 0.293 e. The van der Waals surface area contributed by atoms with Crippen molar-refractivity contribution in [1.82, 2.24) is 0 Å². The van der Waals surface area contributed by atoms with Gasteiger partial charge in [-0.05, 0) is 26.0 Å². The fourth-order valence-electron chi connectivity index (χ4n) is 1.54. The van der Waals surface area contributed by atoms with Crippen LogP contribution in [0, 0.1) is 10.1 Å². The van der Waals surface area contributed by atoms with Gasteiger partial charge in [0, 0.05) is 24.7 Å². The largest absolute Gasteiger partial charge is 0.376 e. The lowest BCUT2D eigenvalue weighted by Crippen LogP contribution is -2.13. The van der Waals surface area contributed by atoms with Crippen molar-refractivity contribution < 1.29 is 9.72 Å². The molecule has 0 heterocycles. The number of nitro groups is 1. The summed E-state index contributed by atoms with van der Waals surface area (Å²) in [4.78, 5) is 21.5. The summed E-state index contributed by atoms with van der Waals surface area (Å²) in [6.07, 6.45) is 0. The minimum atomic E-state index is -0.699. The van der Waals surface area contributed by atoms with Crippen molar-refractivity contribution in [2.45, 2.75) is 13.8 Å². The van der Waals surface area contributed by atoms with Crippen molar-refractivity contribution in [3.8, 4) is 0 Å². The van der Waals surface area contributed by atoms with Crippen LogP contribution in [-0.4, -0.2) is 23.9 Å². The molecule has 1 aromatic carbocycles. The van der Waals surface area contributed by atoms with E-state index in [0.29, 0.717) is 18.8 Å². The molecular weight excluding hydrogens is 260 g/mol.